The molecule has 0 aliphatic heterocycles. The molecule has 112 valence electrons. The number of carbonyl (C=O) groups excluding carboxylic acids is 1. The molecule has 0 aliphatic carbocycles. The van der Waals surface area contributed by atoms with Gasteiger partial charge < -0.3 is 15.6 Å². The summed E-state index contributed by atoms with van der Waals surface area (Å²) in [4.78, 5) is 10.9. The summed E-state index contributed by atoms with van der Waals surface area (Å²) in [6.07, 6.45) is 0. The lowest BCUT2D eigenvalue weighted by atomic mass is 10.3. The second kappa shape index (κ2) is 8.15. The van der Waals surface area contributed by atoms with E-state index in [1.807, 2.05) is 30.3 Å². The van der Waals surface area contributed by atoms with E-state index in [0.29, 0.717) is 5.69 Å². The molecule has 0 bridgehead atoms. The number of nitrogens with one attached hydrogen (secondary N) is 1. The first-order valence-corrected chi connectivity index (χ1v) is 7.60. The Morgan fingerprint density at radius 3 is 1.86 bits per heavy atom. The number of rotatable bonds is 3. The minimum absolute atomic E-state index is 0.459. The summed E-state index contributed by atoms with van der Waals surface area (Å²) in [6, 6.07) is 18.2. The predicted molar refractivity (Wildman–Crippen MR) is 78.6 cm³/mol. The number of anilines is 1. The van der Waals surface area contributed by atoms with Crippen LogP contribution in [0.25, 0.3) is 0 Å². The standard InChI is InChI=1S/C8H9NO4S.C6H7N/c10-8(6-14(11,12)13)9-7-4-2-1-3-5-7;7-6-4-2-1-3-5-6/h1-5H,6H2,(H,9,10)(H,11,12,13);1-5H,7H2. The largest absolute Gasteiger partial charge is 0.748 e. The van der Waals surface area contributed by atoms with E-state index in [-0.39, 0.29) is 0 Å². The van der Waals surface area contributed by atoms with Crippen LogP contribution in [0.3, 0.4) is 0 Å². The summed E-state index contributed by atoms with van der Waals surface area (Å²) in [5, 5.41) is 2.28. The first-order valence-electron chi connectivity index (χ1n) is 6.02. The van der Waals surface area contributed by atoms with Gasteiger partial charge in [-0.1, -0.05) is 36.4 Å². The molecule has 6 nitrogen and oxygen atoms in total. The zero-order valence-corrected chi connectivity index (χ0v) is 12.0. The average molecular weight is 308 g/mol. The Labute approximate surface area is 123 Å². The first kappa shape index (κ1) is 16.8. The lowest BCUT2D eigenvalue weighted by Gasteiger charge is -2.07. The van der Waals surface area contributed by atoms with Crippen LogP contribution < -0.4 is 11.1 Å². The fraction of sp³-hybridized carbons (Fsp3) is 0.0714. The summed E-state index contributed by atoms with van der Waals surface area (Å²) in [7, 11) is -4.51. The van der Waals surface area contributed by atoms with E-state index in [2.05, 4.69) is 11.1 Å². The smallest absolute Gasteiger partial charge is 0.238 e. The maximum atomic E-state index is 10.9. The molecule has 7 heteroatoms. The summed E-state index contributed by atoms with van der Waals surface area (Å²) in [5.41, 5.74) is 5.25. The second-order valence-electron chi connectivity index (χ2n) is 4.10. The molecule has 2 aromatic carbocycles. The van der Waals surface area contributed by atoms with E-state index >= 15 is 0 Å². The molecule has 0 saturated heterocycles. The van der Waals surface area contributed by atoms with Crippen molar-refractivity contribution in [2.45, 2.75) is 0 Å². The van der Waals surface area contributed by atoms with E-state index in [1.165, 1.54) is 0 Å². The highest BCUT2D eigenvalue weighted by atomic mass is 32.2. The van der Waals surface area contributed by atoms with Crippen molar-refractivity contribution in [1.82, 2.24) is 0 Å². The van der Waals surface area contributed by atoms with Crippen LogP contribution in [0.15, 0.2) is 60.7 Å². The quantitative estimate of drug-likeness (QED) is 0.813. The van der Waals surface area contributed by atoms with Gasteiger partial charge in [0.2, 0.25) is 5.91 Å². The number of quaternary nitrogens is 1. The molecule has 4 N–H and O–H groups in total. The Balaban J connectivity index is 0.000000262. The van der Waals surface area contributed by atoms with Gasteiger partial charge in [0.25, 0.3) is 0 Å². The van der Waals surface area contributed by atoms with Crippen LogP contribution in [0.4, 0.5) is 11.4 Å². The molecule has 0 atom stereocenters. The molecule has 2 rings (SSSR count). The topological polar surface area (TPSA) is 114 Å². The zero-order chi connectivity index (χ0) is 15.7. The molecule has 0 saturated carbocycles. The van der Waals surface area contributed by atoms with Gasteiger partial charge in [0.15, 0.2) is 0 Å². The molecule has 21 heavy (non-hydrogen) atoms. The van der Waals surface area contributed by atoms with E-state index in [1.54, 1.807) is 30.3 Å². The predicted octanol–water partition coefficient (Wildman–Crippen LogP) is 0.730. The van der Waals surface area contributed by atoms with Gasteiger partial charge >= 0.3 is 0 Å². The Morgan fingerprint density at radius 1 is 1.00 bits per heavy atom. The molecule has 0 aromatic heterocycles. The Kier molecular flexibility index (Phi) is 6.54. The number of carbonyl (C=O) groups is 1. The molecule has 0 fully saturated rings. The van der Waals surface area contributed by atoms with Gasteiger partial charge in [-0.3, -0.25) is 4.79 Å². The molecule has 2 aromatic rings. The van der Waals surface area contributed by atoms with Crippen LogP contribution in [0.2, 0.25) is 0 Å². The summed E-state index contributed by atoms with van der Waals surface area (Å²) in [6.45, 7) is 0. The van der Waals surface area contributed by atoms with E-state index in [4.69, 9.17) is 0 Å². The van der Waals surface area contributed by atoms with Crippen molar-refractivity contribution in [2.24, 2.45) is 0 Å². The van der Waals surface area contributed by atoms with E-state index < -0.39 is 21.8 Å². The first-order chi connectivity index (χ1) is 9.87. The number of benzene rings is 2. The number of hydrogen-bond donors (Lipinski definition) is 2. The van der Waals surface area contributed by atoms with Gasteiger partial charge in [-0.05, 0) is 24.3 Å². The monoisotopic (exact) mass is 308 g/mol. The molecule has 0 radical (unpaired) electrons. The third-order valence-electron chi connectivity index (χ3n) is 2.21. The molecule has 0 unspecified atom stereocenters. The van der Waals surface area contributed by atoms with Crippen molar-refractivity contribution >= 4 is 27.4 Å². The number of para-hydroxylation sites is 1. The van der Waals surface area contributed by atoms with Gasteiger partial charge in [-0.15, -0.1) is 0 Å². The maximum Gasteiger partial charge on any atom is 0.238 e. The van der Waals surface area contributed by atoms with Gasteiger partial charge in [0.1, 0.15) is 21.6 Å². The lowest BCUT2D eigenvalue weighted by Crippen LogP contribution is -2.39. The molecule has 0 aliphatic rings. The summed E-state index contributed by atoms with van der Waals surface area (Å²) in [5.74, 6) is -1.87. The number of hydrogen-bond acceptors (Lipinski definition) is 4. The van der Waals surface area contributed by atoms with Crippen LogP contribution in [0.1, 0.15) is 0 Å². The van der Waals surface area contributed by atoms with Crippen LogP contribution in [0.5, 0.6) is 0 Å². The lowest BCUT2D eigenvalue weighted by molar-refractivity contribution is -0.254. The summed E-state index contributed by atoms with van der Waals surface area (Å²) >= 11 is 0. The minimum atomic E-state index is -4.51. The highest BCUT2D eigenvalue weighted by molar-refractivity contribution is 7.86. The van der Waals surface area contributed by atoms with Crippen LogP contribution in [0, 0.1) is 0 Å². The van der Waals surface area contributed by atoms with E-state index in [0.717, 1.165) is 5.69 Å². The summed E-state index contributed by atoms with van der Waals surface area (Å²) < 4.78 is 30.6. The molecule has 1 amide bonds. The highest BCUT2D eigenvalue weighted by Crippen LogP contribution is 2.04. The van der Waals surface area contributed by atoms with Crippen molar-refractivity contribution in [3.63, 3.8) is 0 Å². The van der Waals surface area contributed by atoms with Crippen LogP contribution in [-0.4, -0.2) is 24.6 Å². The third kappa shape index (κ3) is 8.53. The van der Waals surface area contributed by atoms with Crippen molar-refractivity contribution in [2.75, 3.05) is 11.1 Å². The third-order valence-corrected chi connectivity index (χ3v) is 2.82. The SMILES string of the molecule is O=C(CS(=O)(=O)[O-])Nc1ccccc1.[NH3+]c1ccccc1. The molecule has 0 heterocycles. The van der Waals surface area contributed by atoms with Gasteiger partial charge in [-0.25, -0.2) is 8.42 Å². The van der Waals surface area contributed by atoms with Crippen molar-refractivity contribution in [3.8, 4) is 0 Å². The molecular weight excluding hydrogens is 292 g/mol. The van der Waals surface area contributed by atoms with E-state index in [9.17, 15) is 17.8 Å². The second-order valence-corrected chi connectivity index (χ2v) is 5.51. The van der Waals surface area contributed by atoms with Crippen molar-refractivity contribution < 1.29 is 23.5 Å². The minimum Gasteiger partial charge on any atom is -0.748 e. The highest BCUT2D eigenvalue weighted by Gasteiger charge is 2.05. The van der Waals surface area contributed by atoms with Crippen molar-refractivity contribution in [1.29, 1.82) is 0 Å². The fourth-order valence-electron chi connectivity index (χ4n) is 1.36. The van der Waals surface area contributed by atoms with Gasteiger partial charge in [0, 0.05) is 5.69 Å². The van der Waals surface area contributed by atoms with Gasteiger partial charge in [-0.2, -0.15) is 0 Å². The van der Waals surface area contributed by atoms with Crippen molar-refractivity contribution in [3.05, 3.63) is 60.7 Å². The Hall–Kier alpha value is -2.22. The van der Waals surface area contributed by atoms with Crippen LogP contribution in [-0.2, 0) is 14.9 Å². The Morgan fingerprint density at radius 2 is 1.48 bits per heavy atom. The zero-order valence-electron chi connectivity index (χ0n) is 11.2. The Bertz CT molecular complexity index is 658. The van der Waals surface area contributed by atoms with Crippen LogP contribution >= 0.6 is 0 Å². The number of amides is 1. The maximum absolute atomic E-state index is 10.9. The average Bonchev–Trinajstić information content (AvgIpc) is 2.39. The normalized spacial score (nSPS) is 10.2. The molecule has 0 spiro atoms. The van der Waals surface area contributed by atoms with Gasteiger partial charge in [0.05, 0.1) is 0 Å². The molecular formula is C14H16N2O4S. The fourth-order valence-corrected chi connectivity index (χ4v) is 1.75.